The molecule has 2 rings (SSSR count). The standard InChI is InChI=1S/C56H109N3O21P2/c1-4-7-10-13-16-19-22-25-28-31-42(61)38-46(62)58-49-52(66)51(65)45(79-55(49)73-36-37-76-82(71,72)75-35-34-57)41-74-56-50(53(67)54(44(40-60)78-56)80-81(68,69)70)59-47(63)39-43(32-29-26-23-20-17-14-11-8-5-2)77-48(64)33-30-27-24-21-18-15-12-9-6-3/h42-45,49-56,60-61,65-67H,4-41,57H2,1-3H3,(H,58,62)(H,59,63)(H,71,72)(H2,68,69,70)/t42-,43-,44-,45-,49-,50-,51-,52-,53-,54-,55+,56-/m1/s1. The molecule has 12 N–H and O–H groups in total. The molecule has 0 aromatic carbocycles. The van der Waals surface area contributed by atoms with E-state index in [9.17, 15) is 63.7 Å². The number of rotatable bonds is 51. The molecule has 2 aliphatic rings. The second-order valence-electron chi connectivity index (χ2n) is 22.1. The first-order chi connectivity index (χ1) is 39.3. The molecule has 2 fully saturated rings. The molecule has 0 spiro atoms. The lowest BCUT2D eigenvalue weighted by molar-refractivity contribution is -0.303. The Labute approximate surface area is 488 Å². The maximum absolute atomic E-state index is 14.0. The molecule has 0 bridgehead atoms. The van der Waals surface area contributed by atoms with E-state index in [1.165, 1.54) is 64.2 Å². The number of phosphoric acid groups is 2. The Morgan fingerprint density at radius 3 is 1.52 bits per heavy atom. The summed E-state index contributed by atoms with van der Waals surface area (Å²) in [5.74, 6) is -1.95. The van der Waals surface area contributed by atoms with E-state index in [0.29, 0.717) is 32.1 Å². The van der Waals surface area contributed by atoms with E-state index in [2.05, 4.69) is 31.4 Å². The lowest BCUT2D eigenvalue weighted by atomic mass is 9.95. The number of aliphatic hydroxyl groups excluding tert-OH is 5. The highest BCUT2D eigenvalue weighted by Gasteiger charge is 2.51. The molecule has 26 heteroatoms. The average Bonchev–Trinajstić information content (AvgIpc) is 3.42. The van der Waals surface area contributed by atoms with Crippen LogP contribution in [0.3, 0.4) is 0 Å². The van der Waals surface area contributed by atoms with Gasteiger partial charge in [-0.05, 0) is 25.7 Å². The molecular weight excluding hydrogens is 1110 g/mol. The highest BCUT2D eigenvalue weighted by atomic mass is 31.2. The topological polar surface area (TPSA) is 371 Å². The molecule has 0 aromatic heterocycles. The van der Waals surface area contributed by atoms with Crippen LogP contribution >= 0.6 is 15.6 Å². The number of nitrogens with two attached hydrogens (primary N) is 1. The molecule has 13 atom stereocenters. The first kappa shape index (κ1) is 76.3. The zero-order chi connectivity index (χ0) is 60.6. The van der Waals surface area contributed by atoms with E-state index in [4.69, 9.17) is 43.0 Å². The van der Waals surface area contributed by atoms with Crippen LogP contribution in [-0.2, 0) is 60.8 Å². The zero-order valence-electron chi connectivity index (χ0n) is 49.7. The van der Waals surface area contributed by atoms with Gasteiger partial charge in [0.25, 0.3) is 0 Å². The number of nitrogens with one attached hydrogen (secondary N) is 2. The minimum absolute atomic E-state index is 0.0732. The molecule has 2 heterocycles. The quantitative estimate of drug-likeness (QED) is 0.0167. The van der Waals surface area contributed by atoms with Crippen molar-refractivity contribution in [3.05, 3.63) is 0 Å². The molecule has 1 unspecified atom stereocenters. The summed E-state index contributed by atoms with van der Waals surface area (Å²) in [5.41, 5.74) is 5.36. The summed E-state index contributed by atoms with van der Waals surface area (Å²) in [7, 11) is -9.93. The molecule has 484 valence electrons. The van der Waals surface area contributed by atoms with Crippen molar-refractivity contribution in [2.24, 2.45) is 5.73 Å². The summed E-state index contributed by atoms with van der Waals surface area (Å²) in [4.78, 5) is 70.2. The average molecular weight is 1220 g/mol. The van der Waals surface area contributed by atoms with Crippen LogP contribution in [0.1, 0.15) is 226 Å². The number of carbonyl (C=O) groups excluding carboxylic acids is 3. The Bertz CT molecular complexity index is 1760. The van der Waals surface area contributed by atoms with Crippen molar-refractivity contribution in [3.63, 3.8) is 0 Å². The Morgan fingerprint density at radius 1 is 0.561 bits per heavy atom. The number of phosphoric ester groups is 2. The van der Waals surface area contributed by atoms with E-state index >= 15 is 0 Å². The van der Waals surface area contributed by atoms with Gasteiger partial charge in [0.05, 0.1) is 52.0 Å². The van der Waals surface area contributed by atoms with Crippen LogP contribution in [0.5, 0.6) is 0 Å². The second kappa shape index (κ2) is 45.5. The van der Waals surface area contributed by atoms with Gasteiger partial charge in [0.1, 0.15) is 54.8 Å². The fourth-order valence-electron chi connectivity index (χ4n) is 10.1. The van der Waals surface area contributed by atoms with Crippen molar-refractivity contribution >= 4 is 33.4 Å². The summed E-state index contributed by atoms with van der Waals surface area (Å²) in [6.45, 7) is 3.39. The van der Waals surface area contributed by atoms with E-state index in [1.54, 1.807) is 0 Å². The molecule has 0 aromatic rings. The predicted molar refractivity (Wildman–Crippen MR) is 307 cm³/mol. The van der Waals surface area contributed by atoms with Crippen LogP contribution in [0.2, 0.25) is 0 Å². The fraction of sp³-hybridized carbons (Fsp3) is 0.946. The third kappa shape index (κ3) is 34.5. The summed E-state index contributed by atoms with van der Waals surface area (Å²) in [5, 5.41) is 60.9. The summed E-state index contributed by atoms with van der Waals surface area (Å²) in [6.07, 6.45) is 12.3. The number of hydrogen-bond donors (Lipinski definition) is 11. The summed E-state index contributed by atoms with van der Waals surface area (Å²) < 4.78 is 68.6. The lowest BCUT2D eigenvalue weighted by Crippen LogP contribution is -2.67. The highest BCUT2D eigenvalue weighted by molar-refractivity contribution is 7.47. The van der Waals surface area contributed by atoms with Gasteiger partial charge >= 0.3 is 21.6 Å². The van der Waals surface area contributed by atoms with Crippen LogP contribution < -0.4 is 16.4 Å². The van der Waals surface area contributed by atoms with E-state index < -0.39 is 133 Å². The van der Waals surface area contributed by atoms with Crippen LogP contribution in [0.4, 0.5) is 0 Å². The highest BCUT2D eigenvalue weighted by Crippen LogP contribution is 2.43. The van der Waals surface area contributed by atoms with Crippen LogP contribution in [0, 0.1) is 0 Å². The third-order valence-electron chi connectivity index (χ3n) is 14.8. The number of unbranched alkanes of at least 4 members (excludes halogenated alkanes) is 24. The third-order valence-corrected chi connectivity index (χ3v) is 16.3. The van der Waals surface area contributed by atoms with E-state index in [1.807, 2.05) is 0 Å². The molecule has 2 amide bonds. The molecule has 2 saturated heterocycles. The van der Waals surface area contributed by atoms with Crippen LogP contribution in [0.25, 0.3) is 0 Å². The van der Waals surface area contributed by atoms with E-state index in [-0.39, 0.29) is 32.4 Å². The van der Waals surface area contributed by atoms with Gasteiger partial charge in [0.15, 0.2) is 12.6 Å². The first-order valence-electron chi connectivity index (χ1n) is 31.0. The van der Waals surface area contributed by atoms with Gasteiger partial charge < -0.3 is 80.3 Å². The SMILES string of the molecule is CCCCCCCCCCCC(=O)O[C@H](CCCCCCCCCCC)CC(=O)N[C@H]1[C@H](OC[C@H]2O[C@H](OCCOP(=O)(O)OCCN)[C@H](NC(=O)C[C@H](O)CCCCCCCCCCC)[C@@H](O)[C@@H]2O)O[C@H](CO)[C@@H](OP(=O)(O)O)[C@@H]1O. The number of aliphatic hydroxyl groups is 5. The maximum Gasteiger partial charge on any atom is 0.472 e. The minimum Gasteiger partial charge on any atom is -0.462 e. The summed E-state index contributed by atoms with van der Waals surface area (Å²) >= 11 is 0. The van der Waals surface area contributed by atoms with Crippen molar-refractivity contribution in [1.82, 2.24) is 10.6 Å². The largest absolute Gasteiger partial charge is 0.472 e. The Balaban J connectivity index is 2.28. The molecule has 0 aliphatic carbocycles. The van der Waals surface area contributed by atoms with Gasteiger partial charge in [-0.2, -0.15) is 0 Å². The van der Waals surface area contributed by atoms with Gasteiger partial charge in [0.2, 0.25) is 11.8 Å². The Morgan fingerprint density at radius 2 is 1.01 bits per heavy atom. The van der Waals surface area contributed by atoms with Crippen molar-refractivity contribution in [2.45, 2.75) is 300 Å². The van der Waals surface area contributed by atoms with Gasteiger partial charge in [-0.3, -0.25) is 28.0 Å². The van der Waals surface area contributed by atoms with Crippen LogP contribution in [-0.4, -0.2) is 171 Å². The maximum atomic E-state index is 14.0. The second-order valence-corrected chi connectivity index (χ2v) is 24.7. The Hall–Kier alpha value is -1.77. The number of ether oxygens (including phenoxy) is 5. The number of esters is 1. The van der Waals surface area contributed by atoms with Crippen molar-refractivity contribution in [1.29, 1.82) is 0 Å². The van der Waals surface area contributed by atoms with Crippen molar-refractivity contribution in [3.8, 4) is 0 Å². The normalized spacial score (nSPS) is 24.6. The zero-order valence-corrected chi connectivity index (χ0v) is 51.4. The van der Waals surface area contributed by atoms with Gasteiger partial charge in [0, 0.05) is 13.0 Å². The molecule has 82 heavy (non-hydrogen) atoms. The lowest BCUT2D eigenvalue weighted by Gasteiger charge is -2.45. The number of hydrogen-bond acceptors (Lipinski definition) is 19. The predicted octanol–water partition coefficient (Wildman–Crippen LogP) is 6.90. The molecular formula is C56H109N3O21P2. The van der Waals surface area contributed by atoms with Gasteiger partial charge in [-0.1, -0.05) is 181 Å². The molecule has 0 radical (unpaired) electrons. The first-order valence-corrected chi connectivity index (χ1v) is 34.0. The number of amides is 2. The van der Waals surface area contributed by atoms with Crippen molar-refractivity contribution < 1.29 is 101 Å². The van der Waals surface area contributed by atoms with Crippen LogP contribution in [0.15, 0.2) is 0 Å². The summed E-state index contributed by atoms with van der Waals surface area (Å²) in [6, 6.07) is -3.20. The van der Waals surface area contributed by atoms with Gasteiger partial charge in [-0.25, -0.2) is 9.13 Å². The van der Waals surface area contributed by atoms with Gasteiger partial charge in [-0.15, -0.1) is 0 Å². The molecule has 24 nitrogen and oxygen atoms in total. The molecule has 0 saturated carbocycles. The van der Waals surface area contributed by atoms with E-state index in [0.717, 1.165) is 89.9 Å². The molecule has 2 aliphatic heterocycles. The van der Waals surface area contributed by atoms with Crippen molar-refractivity contribution in [2.75, 3.05) is 39.6 Å². The number of carbonyl (C=O) groups is 3. The minimum atomic E-state index is -5.37. The Kier molecular flexibility index (Phi) is 42.4. The smallest absolute Gasteiger partial charge is 0.462 e. The fourth-order valence-corrected chi connectivity index (χ4v) is 11.4. The monoisotopic (exact) mass is 1220 g/mol.